The van der Waals surface area contributed by atoms with Gasteiger partial charge in [0.1, 0.15) is 0 Å². The van der Waals surface area contributed by atoms with E-state index < -0.39 is 0 Å². The zero-order valence-electron chi connectivity index (χ0n) is 6.89. The van der Waals surface area contributed by atoms with Gasteiger partial charge in [-0.1, -0.05) is 13.8 Å². The molecule has 4 nitrogen and oxygen atoms in total. The monoisotopic (exact) mass is 181 g/mol. The zero-order valence-corrected chi connectivity index (χ0v) is 7.70. The van der Waals surface area contributed by atoms with Crippen molar-refractivity contribution < 1.29 is 4.79 Å². The summed E-state index contributed by atoms with van der Waals surface area (Å²) in [6, 6.07) is -0.319. The minimum atomic E-state index is -0.319. The maximum absolute atomic E-state index is 10.4. The van der Waals surface area contributed by atoms with Gasteiger partial charge >= 0.3 is 6.03 Å². The SMILES string of the molecule is CC(C)CCNC(=O)NN.Cl. The summed E-state index contributed by atoms with van der Waals surface area (Å²) >= 11 is 0. The first kappa shape index (κ1) is 13.1. The molecule has 0 fully saturated rings. The normalized spacial score (nSPS) is 8.73. The molecule has 0 heterocycles. The number of carbonyl (C=O) groups is 1. The number of rotatable bonds is 3. The Morgan fingerprint density at radius 3 is 2.45 bits per heavy atom. The van der Waals surface area contributed by atoms with Crippen LogP contribution < -0.4 is 16.6 Å². The van der Waals surface area contributed by atoms with Crippen molar-refractivity contribution in [3.63, 3.8) is 0 Å². The summed E-state index contributed by atoms with van der Waals surface area (Å²) in [5.74, 6) is 5.44. The van der Waals surface area contributed by atoms with Crippen molar-refractivity contribution in [2.24, 2.45) is 11.8 Å². The van der Waals surface area contributed by atoms with Crippen molar-refractivity contribution in [2.75, 3.05) is 6.54 Å². The second-order valence-electron chi connectivity index (χ2n) is 2.58. The molecule has 5 heteroatoms. The van der Waals surface area contributed by atoms with Crippen LogP contribution in [0, 0.1) is 5.92 Å². The molecule has 0 rings (SSSR count). The lowest BCUT2D eigenvalue weighted by atomic mass is 10.1. The van der Waals surface area contributed by atoms with Gasteiger partial charge in [0.15, 0.2) is 0 Å². The van der Waals surface area contributed by atoms with Crippen LogP contribution in [0.4, 0.5) is 4.79 Å². The van der Waals surface area contributed by atoms with Gasteiger partial charge in [-0.25, -0.2) is 10.6 Å². The molecule has 0 aliphatic rings. The van der Waals surface area contributed by atoms with E-state index in [1.165, 1.54) is 0 Å². The van der Waals surface area contributed by atoms with Crippen LogP contribution in [-0.2, 0) is 0 Å². The number of urea groups is 1. The average molecular weight is 182 g/mol. The van der Waals surface area contributed by atoms with Crippen molar-refractivity contribution >= 4 is 18.4 Å². The summed E-state index contributed by atoms with van der Waals surface area (Å²) in [7, 11) is 0. The summed E-state index contributed by atoms with van der Waals surface area (Å²) in [5, 5.41) is 2.59. The highest BCUT2D eigenvalue weighted by molar-refractivity contribution is 5.85. The molecule has 0 atom stereocenters. The molecule has 0 aromatic heterocycles. The van der Waals surface area contributed by atoms with Crippen LogP contribution in [-0.4, -0.2) is 12.6 Å². The molecule has 0 aromatic rings. The molecule has 0 aromatic carbocycles. The van der Waals surface area contributed by atoms with E-state index in [4.69, 9.17) is 5.84 Å². The molecule has 0 aliphatic carbocycles. The van der Waals surface area contributed by atoms with E-state index in [-0.39, 0.29) is 18.4 Å². The van der Waals surface area contributed by atoms with Gasteiger partial charge in [0.25, 0.3) is 0 Å². The van der Waals surface area contributed by atoms with Gasteiger partial charge in [-0.2, -0.15) is 0 Å². The van der Waals surface area contributed by atoms with Crippen LogP contribution >= 0.6 is 12.4 Å². The lowest BCUT2D eigenvalue weighted by Crippen LogP contribution is -2.40. The van der Waals surface area contributed by atoms with E-state index in [1.807, 2.05) is 5.43 Å². The van der Waals surface area contributed by atoms with E-state index in [0.717, 1.165) is 6.42 Å². The molecule has 0 aliphatic heterocycles. The fourth-order valence-corrected chi connectivity index (χ4v) is 0.525. The first-order chi connectivity index (χ1) is 4.66. The third-order valence-electron chi connectivity index (χ3n) is 1.14. The zero-order chi connectivity index (χ0) is 7.98. The predicted octanol–water partition coefficient (Wildman–Crippen LogP) is 0.627. The number of hydrazine groups is 1. The van der Waals surface area contributed by atoms with Crippen LogP contribution in [0.3, 0.4) is 0 Å². The number of hydrogen-bond acceptors (Lipinski definition) is 2. The second-order valence-corrected chi connectivity index (χ2v) is 2.58. The Kier molecular flexibility index (Phi) is 9.10. The van der Waals surface area contributed by atoms with Crippen LogP contribution in [0.2, 0.25) is 0 Å². The first-order valence-electron chi connectivity index (χ1n) is 3.41. The van der Waals surface area contributed by atoms with Gasteiger partial charge in [0.05, 0.1) is 0 Å². The van der Waals surface area contributed by atoms with Crippen LogP contribution in [0.25, 0.3) is 0 Å². The van der Waals surface area contributed by atoms with Gasteiger partial charge in [-0.3, -0.25) is 5.43 Å². The Hall–Kier alpha value is -0.480. The molecule has 0 saturated heterocycles. The molecule has 11 heavy (non-hydrogen) atoms. The molecular weight excluding hydrogens is 166 g/mol. The average Bonchev–Trinajstić information content (AvgIpc) is 1.87. The Morgan fingerprint density at radius 2 is 2.09 bits per heavy atom. The van der Waals surface area contributed by atoms with E-state index in [1.54, 1.807) is 0 Å². The van der Waals surface area contributed by atoms with E-state index >= 15 is 0 Å². The summed E-state index contributed by atoms with van der Waals surface area (Å²) < 4.78 is 0. The number of nitrogens with one attached hydrogen (secondary N) is 2. The molecule has 0 radical (unpaired) electrons. The lowest BCUT2D eigenvalue weighted by Gasteiger charge is -2.05. The summed E-state index contributed by atoms with van der Waals surface area (Å²) in [4.78, 5) is 10.4. The first-order valence-corrected chi connectivity index (χ1v) is 3.41. The number of nitrogens with two attached hydrogens (primary N) is 1. The molecule has 0 unspecified atom stereocenters. The van der Waals surface area contributed by atoms with Crippen molar-refractivity contribution in [1.29, 1.82) is 0 Å². The molecule has 68 valence electrons. The Morgan fingerprint density at radius 1 is 1.55 bits per heavy atom. The Balaban J connectivity index is 0. The number of hydrogen-bond donors (Lipinski definition) is 3. The van der Waals surface area contributed by atoms with Crippen molar-refractivity contribution in [1.82, 2.24) is 10.7 Å². The number of amides is 2. The largest absolute Gasteiger partial charge is 0.337 e. The maximum atomic E-state index is 10.4. The van der Waals surface area contributed by atoms with E-state index in [2.05, 4.69) is 19.2 Å². The molecular formula is C6H16ClN3O. The minimum Gasteiger partial charge on any atom is -0.337 e. The van der Waals surface area contributed by atoms with Crippen molar-refractivity contribution in [3.8, 4) is 0 Å². The summed E-state index contributed by atoms with van der Waals surface area (Å²) in [6.45, 7) is 4.88. The Labute approximate surface area is 73.3 Å². The highest BCUT2D eigenvalue weighted by Crippen LogP contribution is 1.95. The molecule has 0 spiro atoms. The smallest absolute Gasteiger partial charge is 0.328 e. The van der Waals surface area contributed by atoms with E-state index in [9.17, 15) is 4.79 Å². The van der Waals surface area contributed by atoms with Crippen molar-refractivity contribution in [3.05, 3.63) is 0 Å². The van der Waals surface area contributed by atoms with Gasteiger partial charge in [0.2, 0.25) is 0 Å². The maximum Gasteiger partial charge on any atom is 0.328 e. The standard InChI is InChI=1S/C6H15N3O.ClH/c1-5(2)3-4-8-6(10)9-7;/h5H,3-4,7H2,1-2H3,(H2,8,9,10);1H. The highest BCUT2D eigenvalue weighted by atomic mass is 35.5. The van der Waals surface area contributed by atoms with Gasteiger partial charge < -0.3 is 5.32 Å². The van der Waals surface area contributed by atoms with Gasteiger partial charge in [-0.15, -0.1) is 12.4 Å². The van der Waals surface area contributed by atoms with E-state index in [0.29, 0.717) is 12.5 Å². The molecule has 0 saturated carbocycles. The number of halogens is 1. The van der Waals surface area contributed by atoms with Crippen LogP contribution in [0.5, 0.6) is 0 Å². The fraction of sp³-hybridized carbons (Fsp3) is 0.833. The second kappa shape index (κ2) is 7.63. The van der Waals surface area contributed by atoms with Gasteiger partial charge in [0, 0.05) is 6.54 Å². The summed E-state index contributed by atoms with van der Waals surface area (Å²) in [5.41, 5.74) is 1.99. The third-order valence-corrected chi connectivity index (χ3v) is 1.14. The molecule has 0 bridgehead atoms. The topological polar surface area (TPSA) is 67.2 Å². The number of carbonyl (C=O) groups excluding carboxylic acids is 1. The minimum absolute atomic E-state index is 0. The van der Waals surface area contributed by atoms with Gasteiger partial charge in [-0.05, 0) is 12.3 Å². The third kappa shape index (κ3) is 9.52. The quantitative estimate of drug-likeness (QED) is 0.340. The molecule has 2 amide bonds. The van der Waals surface area contributed by atoms with Crippen molar-refractivity contribution in [2.45, 2.75) is 20.3 Å². The predicted molar refractivity (Wildman–Crippen MR) is 47.4 cm³/mol. The van der Waals surface area contributed by atoms with Crippen LogP contribution in [0.1, 0.15) is 20.3 Å². The highest BCUT2D eigenvalue weighted by Gasteiger charge is 1.96. The summed E-state index contributed by atoms with van der Waals surface area (Å²) in [6.07, 6.45) is 0.980. The molecule has 4 N–H and O–H groups in total. The fourth-order valence-electron chi connectivity index (χ4n) is 0.525. The lowest BCUT2D eigenvalue weighted by molar-refractivity contribution is 0.240. The van der Waals surface area contributed by atoms with Crippen LogP contribution in [0.15, 0.2) is 0 Å². The Bertz CT molecular complexity index is 108.